The summed E-state index contributed by atoms with van der Waals surface area (Å²) in [6.07, 6.45) is 1.64. The molecule has 7 heteroatoms. The molecule has 0 unspecified atom stereocenters. The fraction of sp³-hybridized carbons (Fsp3) is 0.182. The minimum Gasteiger partial charge on any atom is -0.468 e. The van der Waals surface area contributed by atoms with E-state index >= 15 is 0 Å². The Balaban J connectivity index is 1.74. The first-order chi connectivity index (χ1) is 13.9. The monoisotopic (exact) mass is 407 g/mol. The first-order valence-corrected chi connectivity index (χ1v) is 10.2. The van der Waals surface area contributed by atoms with E-state index in [0.717, 1.165) is 27.3 Å². The molecule has 0 fully saturated rings. The van der Waals surface area contributed by atoms with E-state index in [9.17, 15) is 9.59 Å². The zero-order chi connectivity index (χ0) is 20.5. The third-order valence-corrected chi connectivity index (χ3v) is 5.93. The zero-order valence-electron chi connectivity index (χ0n) is 16.4. The van der Waals surface area contributed by atoms with Crippen LogP contribution in [0.15, 0.2) is 68.9 Å². The third kappa shape index (κ3) is 3.73. The van der Waals surface area contributed by atoms with Crippen molar-refractivity contribution in [2.75, 3.05) is 5.32 Å². The largest absolute Gasteiger partial charge is 0.468 e. The summed E-state index contributed by atoms with van der Waals surface area (Å²) in [5.41, 5.74) is 3.75. The number of carbonyl (C=O) groups excluding carboxylic acids is 1. The van der Waals surface area contributed by atoms with Gasteiger partial charge in [-0.3, -0.25) is 13.9 Å². The minimum atomic E-state index is -0.186. The Kier molecular flexibility index (Phi) is 5.07. The Morgan fingerprint density at radius 1 is 1.07 bits per heavy atom. The highest BCUT2D eigenvalue weighted by molar-refractivity contribution is 7.98. The number of carbonyl (C=O) groups is 1. The van der Waals surface area contributed by atoms with E-state index in [-0.39, 0.29) is 11.6 Å². The number of rotatable bonds is 5. The van der Waals surface area contributed by atoms with Crippen molar-refractivity contribution in [3.8, 4) is 0 Å². The number of hydrogen-bond acceptors (Lipinski definition) is 4. The molecule has 0 atom stereocenters. The number of nitrogens with one attached hydrogen (secondary N) is 1. The lowest BCUT2D eigenvalue weighted by atomic mass is 10.1. The average Bonchev–Trinajstić information content (AvgIpc) is 3.30. The van der Waals surface area contributed by atoms with E-state index in [1.807, 2.05) is 49.4 Å². The molecule has 0 spiro atoms. The Morgan fingerprint density at radius 2 is 1.83 bits per heavy atom. The molecule has 29 heavy (non-hydrogen) atoms. The van der Waals surface area contributed by atoms with Crippen molar-refractivity contribution in [1.29, 1.82) is 0 Å². The van der Waals surface area contributed by atoms with Crippen molar-refractivity contribution >= 4 is 34.4 Å². The van der Waals surface area contributed by atoms with Crippen LogP contribution in [-0.2, 0) is 19.8 Å². The molecule has 1 amide bonds. The van der Waals surface area contributed by atoms with Gasteiger partial charge in [0.05, 0.1) is 28.7 Å². The van der Waals surface area contributed by atoms with Crippen LogP contribution in [0.4, 0.5) is 5.69 Å². The fourth-order valence-corrected chi connectivity index (χ4v) is 4.19. The summed E-state index contributed by atoms with van der Waals surface area (Å²) in [6, 6.07) is 15.0. The van der Waals surface area contributed by atoms with Crippen LogP contribution in [0.3, 0.4) is 0 Å². The molecule has 2 aromatic heterocycles. The molecular weight excluding hydrogens is 386 g/mol. The Labute approximate surface area is 172 Å². The van der Waals surface area contributed by atoms with Gasteiger partial charge in [0.1, 0.15) is 5.76 Å². The zero-order valence-corrected chi connectivity index (χ0v) is 17.2. The maximum absolute atomic E-state index is 12.8. The molecule has 1 N–H and O–H groups in total. The molecule has 4 rings (SSSR count). The van der Waals surface area contributed by atoms with Crippen LogP contribution < -0.4 is 11.0 Å². The van der Waals surface area contributed by atoms with Crippen LogP contribution in [0.25, 0.3) is 11.0 Å². The first-order valence-electron chi connectivity index (χ1n) is 9.16. The van der Waals surface area contributed by atoms with E-state index in [0.29, 0.717) is 17.0 Å². The fourth-order valence-electron chi connectivity index (χ4n) is 3.27. The molecule has 0 aliphatic heterocycles. The van der Waals surface area contributed by atoms with Crippen LogP contribution in [0.5, 0.6) is 0 Å². The van der Waals surface area contributed by atoms with Gasteiger partial charge in [-0.05, 0) is 43.3 Å². The van der Waals surface area contributed by atoms with E-state index < -0.39 is 0 Å². The lowest BCUT2D eigenvalue weighted by Gasteiger charge is -2.12. The predicted octanol–water partition coefficient (Wildman–Crippen LogP) is 4.32. The van der Waals surface area contributed by atoms with Crippen LogP contribution in [0.1, 0.15) is 21.7 Å². The maximum atomic E-state index is 12.8. The summed E-state index contributed by atoms with van der Waals surface area (Å²) >= 11 is 1.55. The Hall–Kier alpha value is -3.19. The van der Waals surface area contributed by atoms with Crippen molar-refractivity contribution in [2.45, 2.75) is 17.6 Å². The van der Waals surface area contributed by atoms with E-state index in [2.05, 4.69) is 5.32 Å². The summed E-state index contributed by atoms with van der Waals surface area (Å²) < 4.78 is 8.62. The number of thioether (sulfide) groups is 1. The molecule has 2 aromatic carbocycles. The quantitative estimate of drug-likeness (QED) is 0.500. The van der Waals surface area contributed by atoms with E-state index in [4.69, 9.17) is 4.42 Å². The van der Waals surface area contributed by atoms with E-state index in [1.54, 1.807) is 47.3 Å². The molecule has 0 radical (unpaired) electrons. The van der Waals surface area contributed by atoms with Gasteiger partial charge in [0, 0.05) is 24.6 Å². The number of aromatic nitrogens is 2. The summed E-state index contributed by atoms with van der Waals surface area (Å²) in [6.45, 7) is 1.95. The maximum Gasteiger partial charge on any atom is 0.328 e. The lowest BCUT2D eigenvalue weighted by Crippen LogP contribution is -2.19. The SMILES string of the molecule is Cc1cccc(C(=O)Nc2cc3c(cc2SCc2ccco2)n(C)c(=O)n3C)c1. The highest BCUT2D eigenvalue weighted by atomic mass is 32.2. The topological polar surface area (TPSA) is 69.2 Å². The highest BCUT2D eigenvalue weighted by Crippen LogP contribution is 2.34. The molecule has 0 saturated carbocycles. The normalized spacial score (nSPS) is 11.1. The average molecular weight is 407 g/mol. The van der Waals surface area contributed by atoms with Crippen LogP contribution in [0, 0.1) is 6.92 Å². The molecule has 6 nitrogen and oxygen atoms in total. The summed E-state index contributed by atoms with van der Waals surface area (Å²) in [5.74, 6) is 1.27. The van der Waals surface area contributed by atoms with Gasteiger partial charge in [0.25, 0.3) is 5.91 Å². The molecule has 0 aliphatic rings. The predicted molar refractivity (Wildman–Crippen MR) is 116 cm³/mol. The van der Waals surface area contributed by atoms with Crippen LogP contribution in [0.2, 0.25) is 0 Å². The molecule has 148 valence electrons. The van der Waals surface area contributed by atoms with Crippen molar-refractivity contribution in [1.82, 2.24) is 9.13 Å². The standard InChI is InChI=1S/C22H21N3O3S/c1-14-6-4-7-15(10-14)21(26)23-17-11-18-19(25(3)22(27)24(18)2)12-20(17)29-13-16-8-5-9-28-16/h4-12H,13H2,1-3H3,(H,23,26). The second-order valence-electron chi connectivity index (χ2n) is 6.93. The molecule has 0 bridgehead atoms. The molecule has 2 heterocycles. The number of fused-ring (bicyclic) bond motifs is 1. The van der Waals surface area contributed by atoms with Crippen molar-refractivity contribution < 1.29 is 9.21 Å². The summed E-state index contributed by atoms with van der Waals surface area (Å²) in [4.78, 5) is 26.1. The number of hydrogen-bond donors (Lipinski definition) is 1. The smallest absolute Gasteiger partial charge is 0.328 e. The van der Waals surface area contributed by atoms with Crippen molar-refractivity contribution in [3.63, 3.8) is 0 Å². The number of furan rings is 1. The van der Waals surface area contributed by atoms with Gasteiger partial charge in [0.15, 0.2) is 0 Å². The molecule has 0 aliphatic carbocycles. The third-order valence-electron chi connectivity index (χ3n) is 4.85. The van der Waals surface area contributed by atoms with Gasteiger partial charge in [-0.25, -0.2) is 4.79 Å². The Bertz CT molecular complexity index is 1250. The second-order valence-corrected chi connectivity index (χ2v) is 7.95. The van der Waals surface area contributed by atoms with Crippen LogP contribution in [-0.4, -0.2) is 15.0 Å². The van der Waals surface area contributed by atoms with Crippen LogP contribution >= 0.6 is 11.8 Å². The number of imidazole rings is 1. The number of amides is 1. The number of nitrogens with zero attached hydrogens (tertiary/aromatic N) is 2. The summed E-state index contributed by atoms with van der Waals surface area (Å²) in [5, 5.41) is 3.02. The second kappa shape index (κ2) is 7.67. The molecule has 4 aromatic rings. The van der Waals surface area contributed by atoms with Gasteiger partial charge < -0.3 is 9.73 Å². The lowest BCUT2D eigenvalue weighted by molar-refractivity contribution is 0.102. The summed E-state index contributed by atoms with van der Waals surface area (Å²) in [7, 11) is 3.48. The molecular formula is C22H21N3O3S. The molecule has 0 saturated heterocycles. The van der Waals surface area contributed by atoms with E-state index in [1.165, 1.54) is 0 Å². The number of aryl methyl sites for hydroxylation is 3. The van der Waals surface area contributed by atoms with Gasteiger partial charge in [-0.1, -0.05) is 17.7 Å². The number of benzene rings is 2. The van der Waals surface area contributed by atoms with Gasteiger partial charge >= 0.3 is 5.69 Å². The minimum absolute atomic E-state index is 0.107. The van der Waals surface area contributed by atoms with Gasteiger partial charge in [0.2, 0.25) is 0 Å². The first kappa shape index (κ1) is 19.1. The van der Waals surface area contributed by atoms with Gasteiger partial charge in [-0.15, -0.1) is 11.8 Å². The number of anilines is 1. The van der Waals surface area contributed by atoms with Gasteiger partial charge in [-0.2, -0.15) is 0 Å². The Morgan fingerprint density at radius 3 is 2.52 bits per heavy atom. The van der Waals surface area contributed by atoms with Crippen molar-refractivity contribution in [2.24, 2.45) is 14.1 Å². The van der Waals surface area contributed by atoms with Crippen molar-refractivity contribution in [3.05, 3.63) is 82.2 Å². The highest BCUT2D eigenvalue weighted by Gasteiger charge is 2.16.